The molecule has 0 atom stereocenters. The van der Waals surface area contributed by atoms with Gasteiger partial charge < -0.3 is 9.32 Å². The van der Waals surface area contributed by atoms with Crippen molar-refractivity contribution in [2.45, 2.75) is 19.9 Å². The van der Waals surface area contributed by atoms with Gasteiger partial charge in [-0.1, -0.05) is 35.9 Å². The third kappa shape index (κ3) is 2.50. The van der Waals surface area contributed by atoms with E-state index in [2.05, 4.69) is 6.07 Å². The number of aryl methyl sites for hydroxylation is 1. The third-order valence-corrected chi connectivity index (χ3v) is 4.51. The van der Waals surface area contributed by atoms with Crippen molar-refractivity contribution < 1.29 is 9.21 Å². The Labute approximate surface area is 139 Å². The van der Waals surface area contributed by atoms with E-state index in [4.69, 9.17) is 4.42 Å². The van der Waals surface area contributed by atoms with Crippen molar-refractivity contribution in [2.24, 2.45) is 0 Å². The standard InChI is InChI=1S/C20H17NO3/c1-13-6-7-18-16(10-13)17(22)11-19(24-18)20(23)21-9-8-14-4-2-3-5-15(14)12-21/h2-7,10-11H,8-9,12H2,1H3. The second-order valence-corrected chi connectivity index (χ2v) is 6.22. The number of amides is 1. The van der Waals surface area contributed by atoms with E-state index in [9.17, 15) is 9.59 Å². The van der Waals surface area contributed by atoms with Crippen molar-refractivity contribution in [2.75, 3.05) is 6.54 Å². The largest absolute Gasteiger partial charge is 0.451 e. The summed E-state index contributed by atoms with van der Waals surface area (Å²) < 4.78 is 5.71. The second-order valence-electron chi connectivity index (χ2n) is 6.22. The molecule has 4 heteroatoms. The van der Waals surface area contributed by atoms with Crippen LogP contribution < -0.4 is 5.43 Å². The molecule has 0 saturated carbocycles. The number of carbonyl (C=O) groups is 1. The topological polar surface area (TPSA) is 50.5 Å². The van der Waals surface area contributed by atoms with E-state index in [1.807, 2.05) is 31.2 Å². The summed E-state index contributed by atoms with van der Waals surface area (Å²) in [6.07, 6.45) is 0.818. The van der Waals surface area contributed by atoms with Crippen LogP contribution in [0.15, 0.2) is 57.7 Å². The van der Waals surface area contributed by atoms with Gasteiger partial charge in [0, 0.05) is 19.2 Å². The van der Waals surface area contributed by atoms with E-state index >= 15 is 0 Å². The molecule has 0 unspecified atom stereocenters. The van der Waals surface area contributed by atoms with Gasteiger partial charge in [0.15, 0.2) is 11.2 Å². The van der Waals surface area contributed by atoms with Crippen LogP contribution in [0.25, 0.3) is 11.0 Å². The minimum Gasteiger partial charge on any atom is -0.451 e. The minimum atomic E-state index is -0.232. The SMILES string of the molecule is Cc1ccc2oc(C(=O)N3CCc4ccccc4C3)cc(=O)c2c1. The lowest BCUT2D eigenvalue weighted by atomic mass is 10.00. The van der Waals surface area contributed by atoms with Crippen molar-refractivity contribution in [1.29, 1.82) is 0 Å². The molecule has 0 fully saturated rings. The van der Waals surface area contributed by atoms with Crippen LogP contribution >= 0.6 is 0 Å². The summed E-state index contributed by atoms with van der Waals surface area (Å²) >= 11 is 0. The van der Waals surface area contributed by atoms with Crippen molar-refractivity contribution in [1.82, 2.24) is 4.90 Å². The molecule has 4 nitrogen and oxygen atoms in total. The molecule has 0 radical (unpaired) electrons. The molecule has 0 bridgehead atoms. The van der Waals surface area contributed by atoms with Gasteiger partial charge in [0.25, 0.3) is 5.91 Å². The smallest absolute Gasteiger partial charge is 0.290 e. The maximum absolute atomic E-state index is 12.8. The average molecular weight is 319 g/mol. The molecule has 3 aromatic rings. The Bertz CT molecular complexity index is 1000. The molecule has 1 aliphatic rings. The van der Waals surface area contributed by atoms with E-state index in [1.165, 1.54) is 11.6 Å². The highest BCUT2D eigenvalue weighted by molar-refractivity contribution is 5.93. The second kappa shape index (κ2) is 5.64. The van der Waals surface area contributed by atoms with Crippen LogP contribution in [0.5, 0.6) is 0 Å². The molecule has 0 aliphatic carbocycles. The molecule has 2 aromatic carbocycles. The Hall–Kier alpha value is -2.88. The first kappa shape index (κ1) is 14.7. The Kier molecular flexibility index (Phi) is 3.45. The quantitative estimate of drug-likeness (QED) is 0.691. The van der Waals surface area contributed by atoms with Crippen molar-refractivity contribution >= 4 is 16.9 Å². The minimum absolute atomic E-state index is 0.107. The first-order valence-electron chi connectivity index (χ1n) is 8.02. The predicted octanol–water partition coefficient (Wildman–Crippen LogP) is 3.30. The molecule has 0 spiro atoms. The first-order valence-corrected chi connectivity index (χ1v) is 8.02. The molecule has 0 N–H and O–H groups in total. The molecule has 1 amide bonds. The van der Waals surface area contributed by atoms with Gasteiger partial charge in [0.2, 0.25) is 0 Å². The van der Waals surface area contributed by atoms with Gasteiger partial charge in [0.05, 0.1) is 5.39 Å². The molecule has 24 heavy (non-hydrogen) atoms. The van der Waals surface area contributed by atoms with Gasteiger partial charge in [-0.3, -0.25) is 9.59 Å². The maximum atomic E-state index is 12.8. The molecule has 4 rings (SSSR count). The summed E-state index contributed by atoms with van der Waals surface area (Å²) in [4.78, 5) is 26.8. The Morgan fingerprint density at radius 2 is 1.88 bits per heavy atom. The fourth-order valence-corrected chi connectivity index (χ4v) is 3.20. The molecular formula is C20H17NO3. The normalized spacial score (nSPS) is 13.8. The van der Waals surface area contributed by atoms with Crippen LogP contribution in [-0.2, 0) is 13.0 Å². The van der Waals surface area contributed by atoms with Gasteiger partial charge in [-0.05, 0) is 36.6 Å². The zero-order valence-electron chi connectivity index (χ0n) is 13.4. The Morgan fingerprint density at radius 1 is 1.08 bits per heavy atom. The van der Waals surface area contributed by atoms with Crippen molar-refractivity contribution in [3.05, 3.63) is 81.2 Å². The van der Waals surface area contributed by atoms with Crippen LogP contribution in [-0.4, -0.2) is 17.4 Å². The zero-order chi connectivity index (χ0) is 16.7. The Morgan fingerprint density at radius 3 is 2.71 bits per heavy atom. The number of fused-ring (bicyclic) bond motifs is 2. The fourth-order valence-electron chi connectivity index (χ4n) is 3.20. The highest BCUT2D eigenvalue weighted by Crippen LogP contribution is 2.21. The van der Waals surface area contributed by atoms with Gasteiger partial charge in [-0.15, -0.1) is 0 Å². The lowest BCUT2D eigenvalue weighted by molar-refractivity contribution is 0.0703. The number of carbonyl (C=O) groups excluding carboxylic acids is 1. The van der Waals surface area contributed by atoms with Gasteiger partial charge >= 0.3 is 0 Å². The highest BCUT2D eigenvalue weighted by Gasteiger charge is 2.24. The zero-order valence-corrected chi connectivity index (χ0v) is 13.4. The Balaban J connectivity index is 1.69. The molecule has 0 saturated heterocycles. The van der Waals surface area contributed by atoms with Crippen LogP contribution in [0, 0.1) is 6.92 Å². The lowest BCUT2D eigenvalue weighted by Crippen LogP contribution is -2.36. The molecular weight excluding hydrogens is 302 g/mol. The van der Waals surface area contributed by atoms with Crippen LogP contribution in [0.1, 0.15) is 27.2 Å². The summed E-state index contributed by atoms with van der Waals surface area (Å²) in [5, 5.41) is 0.510. The van der Waals surface area contributed by atoms with Crippen molar-refractivity contribution in [3.8, 4) is 0 Å². The predicted molar refractivity (Wildman–Crippen MR) is 92.1 cm³/mol. The number of rotatable bonds is 1. The van der Waals surface area contributed by atoms with E-state index in [0.29, 0.717) is 24.1 Å². The lowest BCUT2D eigenvalue weighted by Gasteiger charge is -2.28. The number of hydrogen-bond donors (Lipinski definition) is 0. The number of hydrogen-bond acceptors (Lipinski definition) is 3. The van der Waals surface area contributed by atoms with Crippen LogP contribution in [0.2, 0.25) is 0 Å². The van der Waals surface area contributed by atoms with E-state index in [1.54, 1.807) is 17.0 Å². The van der Waals surface area contributed by atoms with Gasteiger partial charge in [0.1, 0.15) is 5.58 Å². The van der Waals surface area contributed by atoms with Gasteiger partial charge in [-0.25, -0.2) is 0 Å². The first-order chi connectivity index (χ1) is 11.6. The summed E-state index contributed by atoms with van der Waals surface area (Å²) in [5.41, 5.74) is 3.68. The average Bonchev–Trinajstić information content (AvgIpc) is 2.61. The maximum Gasteiger partial charge on any atom is 0.290 e. The molecule has 2 heterocycles. The van der Waals surface area contributed by atoms with E-state index < -0.39 is 0 Å². The monoisotopic (exact) mass is 319 g/mol. The fraction of sp³-hybridized carbons (Fsp3) is 0.200. The molecule has 1 aromatic heterocycles. The third-order valence-electron chi connectivity index (χ3n) is 4.51. The molecule has 1 aliphatic heterocycles. The molecule has 120 valence electrons. The summed E-state index contributed by atoms with van der Waals surface area (Å²) in [7, 11) is 0. The van der Waals surface area contributed by atoms with Crippen molar-refractivity contribution in [3.63, 3.8) is 0 Å². The summed E-state index contributed by atoms with van der Waals surface area (Å²) in [6, 6.07) is 14.8. The van der Waals surface area contributed by atoms with Gasteiger partial charge in [-0.2, -0.15) is 0 Å². The summed E-state index contributed by atoms with van der Waals surface area (Å²) in [5.74, 6) is -0.125. The van der Waals surface area contributed by atoms with E-state index in [-0.39, 0.29) is 17.1 Å². The number of nitrogens with zero attached hydrogens (tertiary/aromatic N) is 1. The van der Waals surface area contributed by atoms with Crippen LogP contribution in [0.4, 0.5) is 0 Å². The van der Waals surface area contributed by atoms with Crippen LogP contribution in [0.3, 0.4) is 0 Å². The number of benzene rings is 2. The highest BCUT2D eigenvalue weighted by atomic mass is 16.3. The summed E-state index contributed by atoms with van der Waals surface area (Å²) in [6.45, 7) is 3.10. The van der Waals surface area contributed by atoms with E-state index in [0.717, 1.165) is 17.5 Å².